The van der Waals surface area contributed by atoms with Crippen LogP contribution in [0, 0.1) is 0 Å². The maximum absolute atomic E-state index is 12.4. The van der Waals surface area contributed by atoms with Crippen molar-refractivity contribution in [2.75, 3.05) is 33.4 Å². The van der Waals surface area contributed by atoms with E-state index < -0.39 is 0 Å². The number of methoxy groups -OCH3 is 1. The molecule has 1 aromatic rings. The first-order chi connectivity index (χ1) is 12.6. The quantitative estimate of drug-likeness (QED) is 0.677. The van der Waals surface area contributed by atoms with Gasteiger partial charge in [0.1, 0.15) is 0 Å². The van der Waals surface area contributed by atoms with E-state index in [2.05, 4.69) is 10.6 Å². The van der Waals surface area contributed by atoms with E-state index in [0.29, 0.717) is 18.0 Å². The van der Waals surface area contributed by atoms with Crippen LogP contribution in [-0.4, -0.2) is 62.0 Å². The van der Waals surface area contributed by atoms with E-state index in [4.69, 9.17) is 4.74 Å². The van der Waals surface area contributed by atoms with Gasteiger partial charge in [0.15, 0.2) is 0 Å². The number of hydrogen-bond donors (Lipinski definition) is 2. The Balaban J connectivity index is 1.82. The largest absolute Gasteiger partial charge is 0.383 e. The second kappa shape index (κ2) is 10.9. The lowest BCUT2D eigenvalue weighted by Gasteiger charge is -2.26. The third kappa shape index (κ3) is 6.76. The van der Waals surface area contributed by atoms with Gasteiger partial charge in [0.25, 0.3) is 5.91 Å². The molecule has 3 amide bonds. The molecular formula is C18H27N3O4S. The van der Waals surface area contributed by atoms with E-state index in [1.165, 1.54) is 22.7 Å². The van der Waals surface area contributed by atoms with Gasteiger partial charge in [0, 0.05) is 19.7 Å². The van der Waals surface area contributed by atoms with Crippen LogP contribution in [0.15, 0.2) is 17.5 Å². The number of hydrogen-bond acceptors (Lipinski definition) is 5. The lowest BCUT2D eigenvalue weighted by molar-refractivity contribution is -0.136. The zero-order chi connectivity index (χ0) is 18.8. The first-order valence-corrected chi connectivity index (χ1v) is 9.86. The molecule has 8 heteroatoms. The fourth-order valence-electron chi connectivity index (χ4n) is 2.95. The summed E-state index contributed by atoms with van der Waals surface area (Å²) >= 11 is 1.31. The number of nitrogens with one attached hydrogen (secondary N) is 2. The third-order valence-electron chi connectivity index (χ3n) is 4.37. The fourth-order valence-corrected chi connectivity index (χ4v) is 3.59. The van der Waals surface area contributed by atoms with Crippen molar-refractivity contribution >= 4 is 29.1 Å². The molecule has 0 unspecified atom stereocenters. The summed E-state index contributed by atoms with van der Waals surface area (Å²) in [7, 11) is 1.54. The normalized spacial score (nSPS) is 14.7. The molecule has 2 rings (SSSR count). The Labute approximate surface area is 158 Å². The molecule has 144 valence electrons. The minimum Gasteiger partial charge on any atom is -0.383 e. The molecule has 1 aliphatic carbocycles. The Kier molecular flexibility index (Phi) is 8.57. The Morgan fingerprint density at radius 2 is 2.04 bits per heavy atom. The SMILES string of the molecule is COCCN(CC(=O)NC1CCCCC1)C(=O)CNC(=O)c1cccs1. The minimum atomic E-state index is -0.300. The lowest BCUT2D eigenvalue weighted by Crippen LogP contribution is -2.48. The number of amides is 3. The van der Waals surface area contributed by atoms with Crippen molar-refractivity contribution in [1.29, 1.82) is 0 Å². The van der Waals surface area contributed by atoms with Crippen molar-refractivity contribution < 1.29 is 19.1 Å². The van der Waals surface area contributed by atoms with Crippen LogP contribution in [0.2, 0.25) is 0 Å². The highest BCUT2D eigenvalue weighted by Gasteiger charge is 2.21. The maximum atomic E-state index is 12.4. The highest BCUT2D eigenvalue weighted by atomic mass is 32.1. The van der Waals surface area contributed by atoms with Crippen LogP contribution >= 0.6 is 11.3 Å². The molecule has 7 nitrogen and oxygen atoms in total. The van der Waals surface area contributed by atoms with Crippen molar-refractivity contribution in [3.63, 3.8) is 0 Å². The Hall–Kier alpha value is -1.93. The number of nitrogens with zero attached hydrogens (tertiary/aromatic N) is 1. The van der Waals surface area contributed by atoms with Crippen LogP contribution in [-0.2, 0) is 14.3 Å². The molecule has 0 spiro atoms. The highest BCUT2D eigenvalue weighted by molar-refractivity contribution is 7.12. The zero-order valence-corrected chi connectivity index (χ0v) is 16.0. The lowest BCUT2D eigenvalue weighted by atomic mass is 9.95. The summed E-state index contributed by atoms with van der Waals surface area (Å²) in [5.41, 5.74) is 0. The summed E-state index contributed by atoms with van der Waals surface area (Å²) < 4.78 is 5.03. The zero-order valence-electron chi connectivity index (χ0n) is 15.2. The van der Waals surface area contributed by atoms with E-state index in [1.54, 1.807) is 24.6 Å². The Morgan fingerprint density at radius 3 is 2.69 bits per heavy atom. The van der Waals surface area contributed by atoms with Crippen molar-refractivity contribution in [3.8, 4) is 0 Å². The summed E-state index contributed by atoms with van der Waals surface area (Å²) in [6, 6.07) is 3.68. The first kappa shape index (κ1) is 20.4. The molecule has 1 heterocycles. The van der Waals surface area contributed by atoms with Crippen molar-refractivity contribution in [2.24, 2.45) is 0 Å². The van der Waals surface area contributed by atoms with Gasteiger partial charge in [-0.3, -0.25) is 14.4 Å². The third-order valence-corrected chi connectivity index (χ3v) is 5.24. The molecule has 0 aliphatic heterocycles. The van der Waals surface area contributed by atoms with Gasteiger partial charge in [-0.25, -0.2) is 0 Å². The van der Waals surface area contributed by atoms with E-state index >= 15 is 0 Å². The minimum absolute atomic E-state index is 0.0203. The van der Waals surface area contributed by atoms with Crippen LogP contribution < -0.4 is 10.6 Å². The summed E-state index contributed by atoms with van der Waals surface area (Å²) in [5, 5.41) is 7.42. The van der Waals surface area contributed by atoms with E-state index in [-0.39, 0.29) is 36.9 Å². The fraction of sp³-hybridized carbons (Fsp3) is 0.611. The van der Waals surface area contributed by atoms with Gasteiger partial charge in [-0.15, -0.1) is 11.3 Å². The van der Waals surface area contributed by atoms with E-state index in [1.807, 2.05) is 0 Å². The van der Waals surface area contributed by atoms with Gasteiger partial charge in [0.05, 0.1) is 24.6 Å². The summed E-state index contributed by atoms with van der Waals surface area (Å²) in [6.07, 6.45) is 5.47. The average Bonchev–Trinajstić information content (AvgIpc) is 3.18. The first-order valence-electron chi connectivity index (χ1n) is 8.98. The summed E-state index contributed by atoms with van der Waals surface area (Å²) in [6.45, 7) is 0.480. The molecule has 0 aromatic carbocycles. The molecule has 1 saturated carbocycles. The van der Waals surface area contributed by atoms with Gasteiger partial charge in [-0.2, -0.15) is 0 Å². The van der Waals surface area contributed by atoms with Crippen molar-refractivity contribution in [2.45, 2.75) is 38.1 Å². The molecule has 1 aliphatic rings. The summed E-state index contributed by atoms with van der Waals surface area (Å²) in [4.78, 5) is 38.6. The molecular weight excluding hydrogens is 354 g/mol. The second-order valence-corrected chi connectivity index (χ2v) is 7.32. The molecule has 1 aromatic heterocycles. The highest BCUT2D eigenvalue weighted by Crippen LogP contribution is 2.17. The number of carbonyl (C=O) groups excluding carboxylic acids is 3. The van der Waals surface area contributed by atoms with E-state index in [9.17, 15) is 14.4 Å². The monoisotopic (exact) mass is 381 g/mol. The van der Waals surface area contributed by atoms with Gasteiger partial charge in [0.2, 0.25) is 11.8 Å². The van der Waals surface area contributed by atoms with Gasteiger partial charge < -0.3 is 20.3 Å². The predicted octanol–water partition coefficient (Wildman–Crippen LogP) is 1.40. The second-order valence-electron chi connectivity index (χ2n) is 6.37. The van der Waals surface area contributed by atoms with Gasteiger partial charge in [-0.05, 0) is 24.3 Å². The van der Waals surface area contributed by atoms with Crippen LogP contribution in [0.25, 0.3) is 0 Å². The smallest absolute Gasteiger partial charge is 0.261 e. The number of thiophene rings is 1. The van der Waals surface area contributed by atoms with Crippen molar-refractivity contribution in [1.82, 2.24) is 15.5 Å². The Morgan fingerprint density at radius 1 is 1.27 bits per heavy atom. The average molecular weight is 381 g/mol. The van der Waals surface area contributed by atoms with Crippen molar-refractivity contribution in [3.05, 3.63) is 22.4 Å². The van der Waals surface area contributed by atoms with Crippen LogP contribution in [0.5, 0.6) is 0 Å². The molecule has 1 fully saturated rings. The number of ether oxygens (including phenoxy) is 1. The van der Waals surface area contributed by atoms with Gasteiger partial charge in [-0.1, -0.05) is 25.3 Å². The standard InChI is InChI=1S/C18H27N3O4S/c1-25-10-9-21(13-16(22)20-14-6-3-2-4-7-14)17(23)12-19-18(24)15-8-5-11-26-15/h5,8,11,14H,2-4,6-7,9-10,12-13H2,1H3,(H,19,24)(H,20,22). The maximum Gasteiger partial charge on any atom is 0.261 e. The van der Waals surface area contributed by atoms with Crippen LogP contribution in [0.3, 0.4) is 0 Å². The molecule has 2 N–H and O–H groups in total. The summed E-state index contributed by atoms with van der Waals surface area (Å²) in [5.74, 6) is -0.747. The molecule has 0 radical (unpaired) electrons. The molecule has 0 saturated heterocycles. The number of carbonyl (C=O) groups is 3. The molecule has 0 bridgehead atoms. The Bertz CT molecular complexity index is 585. The molecule has 0 atom stereocenters. The van der Waals surface area contributed by atoms with Crippen LogP contribution in [0.4, 0.5) is 0 Å². The molecule has 26 heavy (non-hydrogen) atoms. The predicted molar refractivity (Wildman–Crippen MR) is 100 cm³/mol. The van der Waals surface area contributed by atoms with Crippen LogP contribution in [0.1, 0.15) is 41.8 Å². The number of rotatable bonds is 9. The van der Waals surface area contributed by atoms with Gasteiger partial charge >= 0.3 is 0 Å². The van der Waals surface area contributed by atoms with E-state index in [0.717, 1.165) is 25.7 Å². The topological polar surface area (TPSA) is 87.7 Å².